The summed E-state index contributed by atoms with van der Waals surface area (Å²) < 4.78 is 0. The van der Waals surface area contributed by atoms with Gasteiger partial charge in [-0.3, -0.25) is 19.9 Å². The van der Waals surface area contributed by atoms with Gasteiger partial charge < -0.3 is 10.6 Å². The number of pyridine rings is 3. The maximum Gasteiger partial charge on any atom is 2.00 e. The molecule has 1 unspecified atom stereocenters. The molecule has 7 heteroatoms. The zero-order valence-corrected chi connectivity index (χ0v) is 17.4. The summed E-state index contributed by atoms with van der Waals surface area (Å²) in [6.45, 7) is 2.19. The summed E-state index contributed by atoms with van der Waals surface area (Å²) in [6, 6.07) is 17.5. The molecule has 0 aliphatic rings. The van der Waals surface area contributed by atoms with Crippen LogP contribution in [0.4, 0.5) is 0 Å². The molecular weight excluding hydrogens is 441 g/mol. The topological polar surface area (TPSA) is 93.6 Å². The minimum Gasteiger partial charge on any atom is -0.412 e. The molecule has 0 amide bonds. The van der Waals surface area contributed by atoms with Crippen molar-refractivity contribution in [1.82, 2.24) is 19.9 Å². The molecule has 0 aromatic carbocycles. The minimum absolute atomic E-state index is 0. The van der Waals surface area contributed by atoms with E-state index in [4.69, 9.17) is 0 Å². The molecule has 0 radical (unpaired) electrons. The molecule has 3 heterocycles. The van der Waals surface area contributed by atoms with Gasteiger partial charge in [0.15, 0.2) is 0 Å². The molecule has 0 saturated heterocycles. The number of rotatable bonds is 9. The van der Waals surface area contributed by atoms with Gasteiger partial charge in [-0.25, -0.2) is 0 Å². The third-order valence-corrected chi connectivity index (χ3v) is 4.28. The van der Waals surface area contributed by atoms with Gasteiger partial charge in [-0.05, 0) is 36.4 Å². The Bertz CT molecular complexity index is 720. The fourth-order valence-electron chi connectivity index (χ4n) is 2.84. The van der Waals surface area contributed by atoms with Gasteiger partial charge in [0.05, 0.1) is 5.69 Å². The van der Waals surface area contributed by atoms with Gasteiger partial charge in [0.25, 0.3) is 0 Å². The molecule has 0 aliphatic carbocycles. The Hall–Kier alpha value is -2.05. The summed E-state index contributed by atoms with van der Waals surface area (Å²) in [7, 11) is 0. The van der Waals surface area contributed by atoms with E-state index in [-0.39, 0.29) is 25.0 Å². The monoisotopic (exact) mass is 468 g/mol. The van der Waals surface area contributed by atoms with Gasteiger partial charge >= 0.3 is 19.5 Å². The molecule has 0 spiro atoms. The summed E-state index contributed by atoms with van der Waals surface area (Å²) >= 11 is 0. The van der Waals surface area contributed by atoms with Crippen molar-refractivity contribution >= 4 is 0 Å². The zero-order valence-electron chi connectivity index (χ0n) is 15.6. The first kappa shape index (κ1) is 24.0. The van der Waals surface area contributed by atoms with Crippen LogP contribution < -0.4 is 0 Å². The van der Waals surface area contributed by atoms with Crippen molar-refractivity contribution in [3.05, 3.63) is 90.3 Å². The molecule has 3 aromatic heterocycles. The standard InChI is InChI=1S/C21H24N4O.H2O.Ru/c26-21(20-9-3-6-14-24-20)17-25(15-10-18-7-1-4-12-22-18)16-11-19-8-2-5-13-23-19;;/h1-9,12-14,21,26H,10-11,15-17H2;1H2;/q;;+2. The maximum absolute atomic E-state index is 10.5. The molecule has 3 rings (SSSR count). The van der Waals surface area contributed by atoms with Crippen molar-refractivity contribution in [3.63, 3.8) is 0 Å². The largest absolute Gasteiger partial charge is 2.00 e. The molecule has 6 nitrogen and oxygen atoms in total. The summed E-state index contributed by atoms with van der Waals surface area (Å²) in [5, 5.41) is 10.5. The predicted octanol–water partition coefficient (Wildman–Crippen LogP) is 1.87. The van der Waals surface area contributed by atoms with E-state index in [9.17, 15) is 5.11 Å². The summed E-state index contributed by atoms with van der Waals surface area (Å²) in [4.78, 5) is 15.3. The van der Waals surface area contributed by atoms with Crippen molar-refractivity contribution in [2.75, 3.05) is 19.6 Å². The van der Waals surface area contributed by atoms with Crippen LogP contribution in [0, 0.1) is 0 Å². The van der Waals surface area contributed by atoms with Crippen LogP contribution in [0.25, 0.3) is 0 Å². The van der Waals surface area contributed by atoms with E-state index >= 15 is 0 Å². The molecule has 3 N–H and O–H groups in total. The Morgan fingerprint density at radius 2 is 1.25 bits per heavy atom. The van der Waals surface area contributed by atoms with Crippen LogP contribution in [0.2, 0.25) is 0 Å². The number of aliphatic hydroxyl groups is 1. The van der Waals surface area contributed by atoms with Crippen molar-refractivity contribution in [3.8, 4) is 0 Å². The molecule has 0 aliphatic heterocycles. The number of nitrogens with zero attached hydrogens (tertiary/aromatic N) is 4. The normalized spacial score (nSPS) is 11.4. The van der Waals surface area contributed by atoms with E-state index < -0.39 is 6.10 Å². The van der Waals surface area contributed by atoms with Crippen LogP contribution in [-0.4, -0.2) is 50.1 Å². The zero-order chi connectivity index (χ0) is 18.0. The first-order valence-electron chi connectivity index (χ1n) is 8.92. The van der Waals surface area contributed by atoms with Gasteiger partial charge in [-0.2, -0.15) is 0 Å². The molecule has 0 saturated carbocycles. The quantitative estimate of drug-likeness (QED) is 0.485. The van der Waals surface area contributed by atoms with Gasteiger partial charge in [-0.1, -0.05) is 18.2 Å². The number of aromatic nitrogens is 3. The Morgan fingerprint density at radius 1 is 0.750 bits per heavy atom. The Labute approximate surface area is 178 Å². The maximum atomic E-state index is 10.5. The van der Waals surface area contributed by atoms with Crippen LogP contribution in [-0.2, 0) is 32.3 Å². The molecule has 1 atom stereocenters. The summed E-state index contributed by atoms with van der Waals surface area (Å²) in [5.74, 6) is 0. The van der Waals surface area contributed by atoms with Crippen LogP contribution in [0.3, 0.4) is 0 Å². The number of aliphatic hydroxyl groups excluding tert-OH is 1. The smallest absolute Gasteiger partial charge is 0.412 e. The molecule has 0 bridgehead atoms. The molecule has 148 valence electrons. The van der Waals surface area contributed by atoms with Crippen molar-refractivity contribution in [1.29, 1.82) is 0 Å². The van der Waals surface area contributed by atoms with Crippen LogP contribution in [0.1, 0.15) is 23.2 Å². The first-order valence-corrected chi connectivity index (χ1v) is 8.92. The van der Waals surface area contributed by atoms with E-state index in [2.05, 4.69) is 19.9 Å². The fraction of sp³-hybridized carbons (Fsp3) is 0.286. The fourth-order valence-corrected chi connectivity index (χ4v) is 2.84. The third-order valence-electron chi connectivity index (χ3n) is 4.28. The second kappa shape index (κ2) is 13.2. The van der Waals surface area contributed by atoms with E-state index in [0.29, 0.717) is 12.2 Å². The van der Waals surface area contributed by atoms with Gasteiger partial charge in [0, 0.05) is 62.5 Å². The van der Waals surface area contributed by atoms with Crippen LogP contribution >= 0.6 is 0 Å². The first-order chi connectivity index (χ1) is 12.8. The molecule has 0 fully saturated rings. The average Bonchev–Trinajstić information content (AvgIpc) is 2.72. The average molecular weight is 468 g/mol. The van der Waals surface area contributed by atoms with Gasteiger partial charge in [0.2, 0.25) is 0 Å². The summed E-state index contributed by atoms with van der Waals surface area (Å²) in [6.07, 6.45) is 6.43. The Morgan fingerprint density at radius 3 is 1.68 bits per heavy atom. The van der Waals surface area contributed by atoms with E-state index in [0.717, 1.165) is 37.3 Å². The SMILES string of the molecule is O.OC(CN(CCc1ccccn1)CCc1ccccn1)c1ccccn1.[Ru+2]. The molecular formula is C21H26N4O2Ru+2. The summed E-state index contributed by atoms with van der Waals surface area (Å²) in [5.41, 5.74) is 2.82. The Kier molecular flexibility index (Phi) is 11.3. The molecule has 3 aromatic rings. The van der Waals surface area contributed by atoms with Crippen molar-refractivity contribution < 1.29 is 30.1 Å². The van der Waals surface area contributed by atoms with Crippen LogP contribution in [0.5, 0.6) is 0 Å². The van der Waals surface area contributed by atoms with Crippen molar-refractivity contribution in [2.24, 2.45) is 0 Å². The second-order valence-corrected chi connectivity index (χ2v) is 6.21. The number of hydrogen-bond donors (Lipinski definition) is 1. The van der Waals surface area contributed by atoms with Crippen molar-refractivity contribution in [2.45, 2.75) is 18.9 Å². The van der Waals surface area contributed by atoms with E-state index in [1.54, 1.807) is 6.20 Å². The molecule has 28 heavy (non-hydrogen) atoms. The van der Waals surface area contributed by atoms with E-state index in [1.807, 2.05) is 67.0 Å². The second-order valence-electron chi connectivity index (χ2n) is 6.21. The Balaban J connectivity index is 0.00000196. The third kappa shape index (κ3) is 7.91. The van der Waals surface area contributed by atoms with E-state index in [1.165, 1.54) is 0 Å². The van der Waals surface area contributed by atoms with Gasteiger partial charge in [-0.15, -0.1) is 0 Å². The number of hydrogen-bond acceptors (Lipinski definition) is 5. The predicted molar refractivity (Wildman–Crippen MR) is 105 cm³/mol. The minimum atomic E-state index is -0.608. The van der Waals surface area contributed by atoms with Gasteiger partial charge in [0.1, 0.15) is 6.10 Å². The van der Waals surface area contributed by atoms with Crippen LogP contribution in [0.15, 0.2) is 73.2 Å².